The van der Waals surface area contributed by atoms with Gasteiger partial charge >= 0.3 is 0 Å². The van der Waals surface area contributed by atoms with Gasteiger partial charge in [-0.2, -0.15) is 25.3 Å². The average molecular weight is 124 g/mol. The Morgan fingerprint density at radius 2 is 1.67 bits per heavy atom. The van der Waals surface area contributed by atoms with Crippen molar-refractivity contribution in [3.05, 3.63) is 0 Å². The third kappa shape index (κ3) is 2.87. The van der Waals surface area contributed by atoms with Crippen LogP contribution in [0.3, 0.4) is 0 Å². The van der Waals surface area contributed by atoms with E-state index in [4.69, 9.17) is 5.11 Å². The summed E-state index contributed by atoms with van der Waals surface area (Å²) in [5, 5.41) is 8.51. The maximum atomic E-state index is 8.51. The molecule has 1 nitrogen and oxygen atoms in total. The van der Waals surface area contributed by atoms with Crippen LogP contribution in [0, 0.1) is 0 Å². The van der Waals surface area contributed by atoms with Crippen molar-refractivity contribution in [3.63, 3.8) is 0 Å². The van der Waals surface area contributed by atoms with Crippen LogP contribution in [0.1, 0.15) is 0 Å². The first-order valence-electron chi connectivity index (χ1n) is 1.71. The summed E-state index contributed by atoms with van der Waals surface area (Å²) in [6.07, 6.45) is -0.336. The SMILES string of the molecule is OC(CS)CS. The van der Waals surface area contributed by atoms with Crippen molar-refractivity contribution < 1.29 is 5.11 Å². The summed E-state index contributed by atoms with van der Waals surface area (Å²) < 4.78 is 0. The van der Waals surface area contributed by atoms with E-state index in [0.29, 0.717) is 11.5 Å². The minimum atomic E-state index is -0.336. The van der Waals surface area contributed by atoms with Crippen molar-refractivity contribution in [2.45, 2.75) is 6.10 Å². The first-order valence-corrected chi connectivity index (χ1v) is 2.97. The van der Waals surface area contributed by atoms with Crippen LogP contribution in [0.25, 0.3) is 0 Å². The fourth-order valence-electron chi connectivity index (χ4n) is 0.0577. The highest BCUT2D eigenvalue weighted by atomic mass is 32.1. The Bertz CT molecular complexity index is 28.0. The van der Waals surface area contributed by atoms with E-state index in [1.807, 2.05) is 0 Å². The van der Waals surface area contributed by atoms with E-state index in [1.165, 1.54) is 0 Å². The minimum absolute atomic E-state index is 0.336. The fourth-order valence-corrected chi connectivity index (χ4v) is 0.520. The smallest absolute Gasteiger partial charge is 0.0715 e. The van der Waals surface area contributed by atoms with Crippen LogP contribution >= 0.6 is 25.3 Å². The zero-order valence-corrected chi connectivity index (χ0v) is 5.12. The number of thiol groups is 2. The monoisotopic (exact) mass is 124 g/mol. The normalized spacial score (nSPS) is 10.0. The molecule has 0 aromatic rings. The molecule has 0 spiro atoms. The van der Waals surface area contributed by atoms with Crippen LogP contribution in [-0.4, -0.2) is 22.7 Å². The molecule has 0 unspecified atom stereocenters. The molecule has 1 N–H and O–H groups in total. The van der Waals surface area contributed by atoms with E-state index >= 15 is 0 Å². The van der Waals surface area contributed by atoms with E-state index in [-0.39, 0.29) is 6.10 Å². The van der Waals surface area contributed by atoms with Gasteiger partial charge in [-0.3, -0.25) is 0 Å². The lowest BCUT2D eigenvalue weighted by Gasteiger charge is -1.97. The van der Waals surface area contributed by atoms with Crippen molar-refractivity contribution in [2.75, 3.05) is 11.5 Å². The summed E-state index contributed by atoms with van der Waals surface area (Å²) >= 11 is 7.59. The van der Waals surface area contributed by atoms with Crippen molar-refractivity contribution in [3.8, 4) is 0 Å². The second-order valence-corrected chi connectivity index (χ2v) is 1.75. The van der Waals surface area contributed by atoms with Gasteiger partial charge in [-0.25, -0.2) is 0 Å². The zero-order valence-electron chi connectivity index (χ0n) is 3.33. The molecule has 0 atom stereocenters. The maximum Gasteiger partial charge on any atom is 0.0715 e. The molecule has 0 aromatic heterocycles. The van der Waals surface area contributed by atoms with Gasteiger partial charge in [-0.1, -0.05) is 0 Å². The topological polar surface area (TPSA) is 20.2 Å². The van der Waals surface area contributed by atoms with Gasteiger partial charge in [0.25, 0.3) is 0 Å². The lowest BCUT2D eigenvalue weighted by atomic mass is 10.5. The highest BCUT2D eigenvalue weighted by Gasteiger charge is 1.92. The number of aliphatic hydroxyl groups excluding tert-OH is 1. The molecule has 0 aliphatic carbocycles. The molecule has 0 saturated heterocycles. The Morgan fingerprint density at radius 3 is 1.67 bits per heavy atom. The Hall–Kier alpha value is 0.660. The molecule has 0 aliphatic rings. The molecule has 0 fully saturated rings. The molecule has 3 heteroatoms. The highest BCUT2D eigenvalue weighted by Crippen LogP contribution is 1.87. The molecule has 0 bridgehead atoms. The third-order valence-electron chi connectivity index (χ3n) is 0.421. The summed E-state index contributed by atoms with van der Waals surface area (Å²) in [4.78, 5) is 0. The predicted molar refractivity (Wildman–Crippen MR) is 33.7 cm³/mol. The Kier molecular flexibility index (Phi) is 4.26. The summed E-state index contributed by atoms with van der Waals surface area (Å²) in [7, 11) is 0. The standard InChI is InChI=1S/C3H8OS2/c4-3(1-5)2-6/h3-6H,1-2H2. The molecule has 0 amide bonds. The Labute approximate surface area is 48.6 Å². The molecule has 0 heterocycles. The third-order valence-corrected chi connectivity index (χ3v) is 1.26. The number of hydrogen-bond acceptors (Lipinski definition) is 3. The van der Waals surface area contributed by atoms with Crippen LogP contribution in [0.15, 0.2) is 0 Å². The van der Waals surface area contributed by atoms with Gasteiger partial charge in [0.2, 0.25) is 0 Å². The van der Waals surface area contributed by atoms with Gasteiger partial charge < -0.3 is 5.11 Å². The molecule has 0 radical (unpaired) electrons. The van der Waals surface area contributed by atoms with Crippen molar-refractivity contribution in [2.24, 2.45) is 0 Å². The van der Waals surface area contributed by atoms with Gasteiger partial charge in [0, 0.05) is 11.5 Å². The molecule has 6 heavy (non-hydrogen) atoms. The fraction of sp³-hybridized carbons (Fsp3) is 1.00. The summed E-state index contributed by atoms with van der Waals surface area (Å²) in [5.41, 5.74) is 0. The molecule has 0 aromatic carbocycles. The molecular weight excluding hydrogens is 116 g/mol. The number of aliphatic hydroxyl groups is 1. The lowest BCUT2D eigenvalue weighted by molar-refractivity contribution is 0.226. The molecular formula is C3H8OS2. The molecule has 38 valence electrons. The van der Waals surface area contributed by atoms with Crippen molar-refractivity contribution >= 4 is 25.3 Å². The quantitative estimate of drug-likeness (QED) is 0.449. The Balaban J connectivity index is 2.75. The molecule has 0 aliphatic heterocycles. The Morgan fingerprint density at radius 1 is 1.33 bits per heavy atom. The predicted octanol–water partition coefficient (Wildman–Crippen LogP) is 0.207. The van der Waals surface area contributed by atoms with E-state index < -0.39 is 0 Å². The van der Waals surface area contributed by atoms with Crippen molar-refractivity contribution in [1.29, 1.82) is 0 Å². The second-order valence-electron chi connectivity index (χ2n) is 1.02. The lowest BCUT2D eigenvalue weighted by Crippen LogP contribution is -2.08. The van der Waals surface area contributed by atoms with Gasteiger partial charge in [0.1, 0.15) is 0 Å². The highest BCUT2D eigenvalue weighted by molar-refractivity contribution is 7.81. The zero-order chi connectivity index (χ0) is 4.99. The van der Waals surface area contributed by atoms with E-state index in [2.05, 4.69) is 25.3 Å². The van der Waals surface area contributed by atoms with Gasteiger partial charge in [0.15, 0.2) is 0 Å². The van der Waals surface area contributed by atoms with E-state index in [0.717, 1.165) is 0 Å². The van der Waals surface area contributed by atoms with Gasteiger partial charge in [-0.15, -0.1) is 0 Å². The largest absolute Gasteiger partial charge is 0.391 e. The number of hydrogen-bond donors (Lipinski definition) is 3. The van der Waals surface area contributed by atoms with Gasteiger partial charge in [0.05, 0.1) is 6.10 Å². The van der Waals surface area contributed by atoms with Crippen molar-refractivity contribution in [1.82, 2.24) is 0 Å². The summed E-state index contributed by atoms with van der Waals surface area (Å²) in [6.45, 7) is 0. The minimum Gasteiger partial charge on any atom is -0.391 e. The van der Waals surface area contributed by atoms with Crippen LogP contribution < -0.4 is 0 Å². The first-order chi connectivity index (χ1) is 2.81. The van der Waals surface area contributed by atoms with Crippen LogP contribution in [0.4, 0.5) is 0 Å². The average Bonchev–Trinajstić information content (AvgIpc) is 1.65. The summed E-state index contributed by atoms with van der Waals surface area (Å²) in [6, 6.07) is 0. The van der Waals surface area contributed by atoms with Gasteiger partial charge in [-0.05, 0) is 0 Å². The van der Waals surface area contributed by atoms with Crippen LogP contribution in [-0.2, 0) is 0 Å². The molecule has 0 rings (SSSR count). The molecule has 0 saturated carbocycles. The van der Waals surface area contributed by atoms with Crippen LogP contribution in [0.2, 0.25) is 0 Å². The van der Waals surface area contributed by atoms with E-state index in [9.17, 15) is 0 Å². The summed E-state index contributed by atoms with van der Waals surface area (Å²) in [5.74, 6) is 1.01. The van der Waals surface area contributed by atoms with E-state index in [1.54, 1.807) is 0 Å². The number of rotatable bonds is 2. The van der Waals surface area contributed by atoms with Crippen LogP contribution in [0.5, 0.6) is 0 Å². The first kappa shape index (κ1) is 6.66. The second kappa shape index (κ2) is 3.84. The maximum absolute atomic E-state index is 8.51.